The molecule has 9 nitrogen and oxygen atoms in total. The lowest BCUT2D eigenvalue weighted by Crippen LogP contribution is -2.61. The SMILES string of the molecule is O=C(O)C(C(=O)O)(C1C(=NO)C2=CCC1C2)S(=O)(=O)O. The highest BCUT2D eigenvalue weighted by atomic mass is 32.2. The van der Waals surface area contributed by atoms with Gasteiger partial charge in [0.05, 0.1) is 11.6 Å². The van der Waals surface area contributed by atoms with Gasteiger partial charge in [-0.15, -0.1) is 0 Å². The Morgan fingerprint density at radius 3 is 2.25 bits per heavy atom. The molecule has 1 fully saturated rings. The zero-order valence-corrected chi connectivity index (χ0v) is 10.7. The van der Waals surface area contributed by atoms with Crippen LogP contribution in [-0.4, -0.2) is 50.8 Å². The summed E-state index contributed by atoms with van der Waals surface area (Å²) in [6.45, 7) is 0. The van der Waals surface area contributed by atoms with Crippen LogP contribution in [0, 0.1) is 11.8 Å². The molecule has 110 valence electrons. The van der Waals surface area contributed by atoms with Crippen LogP contribution >= 0.6 is 0 Å². The molecule has 0 aliphatic heterocycles. The van der Waals surface area contributed by atoms with Gasteiger partial charge in [0.1, 0.15) is 0 Å². The molecule has 4 N–H and O–H groups in total. The van der Waals surface area contributed by atoms with Gasteiger partial charge in [0.2, 0.25) is 0 Å². The van der Waals surface area contributed by atoms with Crippen molar-refractivity contribution in [2.45, 2.75) is 17.6 Å². The van der Waals surface area contributed by atoms with E-state index in [1.807, 2.05) is 0 Å². The average molecular weight is 305 g/mol. The average Bonchev–Trinajstić information content (AvgIpc) is 2.87. The van der Waals surface area contributed by atoms with Gasteiger partial charge in [-0.1, -0.05) is 11.2 Å². The van der Waals surface area contributed by atoms with E-state index in [1.165, 1.54) is 0 Å². The van der Waals surface area contributed by atoms with Gasteiger partial charge in [-0.3, -0.25) is 4.55 Å². The van der Waals surface area contributed by atoms with E-state index in [-0.39, 0.29) is 18.6 Å². The maximum Gasteiger partial charge on any atom is 0.340 e. The van der Waals surface area contributed by atoms with Crippen LogP contribution in [0.5, 0.6) is 0 Å². The van der Waals surface area contributed by atoms with Crippen LogP contribution in [0.15, 0.2) is 16.8 Å². The van der Waals surface area contributed by atoms with Crippen molar-refractivity contribution >= 4 is 27.8 Å². The topological polar surface area (TPSA) is 162 Å². The van der Waals surface area contributed by atoms with Gasteiger partial charge in [-0.25, -0.2) is 9.59 Å². The number of hydrogen-bond donors (Lipinski definition) is 4. The zero-order valence-electron chi connectivity index (χ0n) is 9.92. The Morgan fingerprint density at radius 1 is 1.30 bits per heavy atom. The third-order valence-corrected chi connectivity index (χ3v) is 5.25. The van der Waals surface area contributed by atoms with E-state index in [0.717, 1.165) is 0 Å². The number of hydrogen-bond acceptors (Lipinski definition) is 6. The van der Waals surface area contributed by atoms with E-state index < -0.39 is 38.6 Å². The molecule has 0 amide bonds. The standard InChI is InChI=1S/C10H11NO8S/c12-8(13)10(9(14)15,20(17,18)19)6-4-1-2-5(3-4)7(6)11-16/h2,4,6,16H,1,3H2,(H,12,13)(H,14,15)(H,17,18,19). The smallest absolute Gasteiger partial charge is 0.340 e. The van der Waals surface area contributed by atoms with Crippen LogP contribution in [0.3, 0.4) is 0 Å². The van der Waals surface area contributed by atoms with Gasteiger partial charge in [0.25, 0.3) is 14.9 Å². The lowest BCUT2D eigenvalue weighted by molar-refractivity contribution is -0.154. The number of allylic oxidation sites excluding steroid dienone is 2. The third kappa shape index (κ3) is 1.58. The molecule has 2 atom stereocenters. The molecular weight excluding hydrogens is 294 g/mol. The second-order valence-corrected chi connectivity index (χ2v) is 6.31. The maximum absolute atomic E-state index is 11.5. The Balaban J connectivity index is 2.75. The lowest BCUT2D eigenvalue weighted by atomic mass is 9.79. The van der Waals surface area contributed by atoms with Crippen molar-refractivity contribution < 1.29 is 38.0 Å². The van der Waals surface area contributed by atoms with Crippen LogP contribution in [-0.2, 0) is 19.7 Å². The van der Waals surface area contributed by atoms with Crippen molar-refractivity contribution in [2.75, 3.05) is 0 Å². The molecule has 0 heterocycles. The second-order valence-electron chi connectivity index (χ2n) is 4.71. The van der Waals surface area contributed by atoms with E-state index in [0.29, 0.717) is 5.57 Å². The predicted molar refractivity (Wildman–Crippen MR) is 63.1 cm³/mol. The number of carbonyl (C=O) groups is 2. The van der Waals surface area contributed by atoms with Gasteiger partial charge in [0, 0.05) is 0 Å². The molecule has 10 heteroatoms. The molecule has 1 saturated carbocycles. The van der Waals surface area contributed by atoms with Crippen LogP contribution < -0.4 is 0 Å². The fourth-order valence-electron chi connectivity index (χ4n) is 3.02. The Labute approximate surface area is 113 Å². The molecule has 2 aliphatic rings. The Morgan fingerprint density at radius 2 is 1.85 bits per heavy atom. The summed E-state index contributed by atoms with van der Waals surface area (Å²) in [5.41, 5.74) is 0.0849. The maximum atomic E-state index is 11.5. The first kappa shape index (κ1) is 14.5. The number of oxime groups is 1. The molecule has 0 aromatic heterocycles. The van der Waals surface area contributed by atoms with E-state index in [9.17, 15) is 22.6 Å². The summed E-state index contributed by atoms with van der Waals surface area (Å²) in [4.78, 5) is 22.7. The van der Waals surface area contributed by atoms with E-state index in [2.05, 4.69) is 5.16 Å². The minimum absolute atomic E-state index is 0.210. The van der Waals surface area contributed by atoms with Gasteiger partial charge in [0.15, 0.2) is 0 Å². The largest absolute Gasteiger partial charge is 0.480 e. The summed E-state index contributed by atoms with van der Waals surface area (Å²) in [7, 11) is -5.49. The van der Waals surface area contributed by atoms with Crippen molar-refractivity contribution in [2.24, 2.45) is 17.0 Å². The molecule has 0 aromatic rings. The van der Waals surface area contributed by atoms with Crippen molar-refractivity contribution in [1.29, 1.82) is 0 Å². The fraction of sp³-hybridized carbons (Fsp3) is 0.500. The van der Waals surface area contributed by atoms with Crippen molar-refractivity contribution in [3.63, 3.8) is 0 Å². The van der Waals surface area contributed by atoms with Crippen LogP contribution in [0.2, 0.25) is 0 Å². The fourth-order valence-corrected chi connectivity index (χ4v) is 4.08. The number of rotatable bonds is 4. The summed E-state index contributed by atoms with van der Waals surface area (Å²) < 4.78 is 28.7. The zero-order chi connectivity index (χ0) is 15.3. The predicted octanol–water partition coefficient (Wildman–Crippen LogP) is -0.421. The van der Waals surface area contributed by atoms with Crippen LogP contribution in [0.4, 0.5) is 0 Å². The lowest BCUT2D eigenvalue weighted by Gasteiger charge is -2.32. The molecule has 0 aromatic carbocycles. The highest BCUT2D eigenvalue weighted by molar-refractivity contribution is 7.89. The molecule has 2 unspecified atom stereocenters. The Bertz CT molecular complexity index is 632. The number of nitrogens with zero attached hydrogens (tertiary/aromatic N) is 1. The second kappa shape index (κ2) is 4.28. The van der Waals surface area contributed by atoms with Gasteiger partial charge < -0.3 is 15.4 Å². The summed E-state index contributed by atoms with van der Waals surface area (Å²) >= 11 is 0. The van der Waals surface area contributed by atoms with Gasteiger partial charge in [-0.05, 0) is 24.3 Å². The van der Waals surface area contributed by atoms with Gasteiger partial charge in [-0.2, -0.15) is 8.42 Å². The third-order valence-electron chi connectivity index (χ3n) is 3.83. The molecule has 0 spiro atoms. The van der Waals surface area contributed by atoms with E-state index in [4.69, 9.17) is 15.4 Å². The van der Waals surface area contributed by atoms with Crippen molar-refractivity contribution in [3.05, 3.63) is 11.6 Å². The minimum Gasteiger partial charge on any atom is -0.480 e. The van der Waals surface area contributed by atoms with Crippen LogP contribution in [0.25, 0.3) is 0 Å². The number of carboxylic acids is 2. The van der Waals surface area contributed by atoms with E-state index >= 15 is 0 Å². The Hall–Kier alpha value is -1.94. The first-order chi connectivity index (χ1) is 9.17. The number of fused-ring (bicyclic) bond motifs is 2. The van der Waals surface area contributed by atoms with Crippen molar-refractivity contribution in [3.8, 4) is 0 Å². The molecule has 2 bridgehead atoms. The highest BCUT2D eigenvalue weighted by Gasteiger charge is 2.69. The first-order valence-corrected chi connectivity index (χ1v) is 6.97. The van der Waals surface area contributed by atoms with Gasteiger partial charge >= 0.3 is 11.9 Å². The molecule has 20 heavy (non-hydrogen) atoms. The van der Waals surface area contributed by atoms with E-state index in [1.54, 1.807) is 6.08 Å². The molecule has 2 aliphatic carbocycles. The molecule has 2 rings (SSSR count). The Kier molecular flexibility index (Phi) is 3.10. The number of carboxylic acid groups (broad SMARTS) is 2. The van der Waals surface area contributed by atoms with Crippen molar-refractivity contribution in [1.82, 2.24) is 0 Å². The summed E-state index contributed by atoms with van der Waals surface area (Å²) in [6.07, 6.45) is 2.09. The summed E-state index contributed by atoms with van der Waals surface area (Å²) in [5.74, 6) is -6.74. The highest BCUT2D eigenvalue weighted by Crippen LogP contribution is 2.49. The quantitative estimate of drug-likeness (QED) is 0.235. The number of aliphatic carboxylic acids is 2. The van der Waals surface area contributed by atoms with Crippen LogP contribution in [0.1, 0.15) is 12.8 Å². The molecular formula is C10H11NO8S. The molecule has 0 radical (unpaired) electrons. The monoisotopic (exact) mass is 305 g/mol. The summed E-state index contributed by atoms with van der Waals surface area (Å²) in [6, 6.07) is 0. The first-order valence-electron chi connectivity index (χ1n) is 5.53. The molecule has 0 saturated heterocycles. The normalized spacial score (nSPS) is 27.6. The minimum atomic E-state index is -5.49. The summed E-state index contributed by atoms with van der Waals surface area (Å²) in [5, 5.41) is 30.1.